The first-order chi connectivity index (χ1) is 20.3. The van der Waals surface area contributed by atoms with Gasteiger partial charge in [-0.05, 0) is 19.9 Å². The van der Waals surface area contributed by atoms with Crippen LogP contribution in [0.15, 0.2) is 0 Å². The Morgan fingerprint density at radius 1 is 0.837 bits per heavy atom. The Morgan fingerprint density at radius 3 is 2.16 bits per heavy atom. The number of hydrogen-bond donors (Lipinski definition) is 13. The lowest BCUT2D eigenvalue weighted by Gasteiger charge is -2.51. The van der Waals surface area contributed by atoms with E-state index in [4.69, 9.17) is 46.6 Å². The molecule has 17 N–H and O–H groups in total. The molecule has 4 fully saturated rings. The molecule has 0 aromatic rings. The number of amides is 1. The number of aliphatic hydroxyl groups excluding tert-OH is 7. The van der Waals surface area contributed by atoms with Gasteiger partial charge in [-0.15, -0.1) is 0 Å². The fraction of sp³-hybridized carbons (Fsp3) is 0.958. The Kier molecular flexibility index (Phi) is 11.7. The second-order valence-corrected chi connectivity index (χ2v) is 11.5. The van der Waals surface area contributed by atoms with Gasteiger partial charge >= 0.3 is 0 Å². The normalized spacial score (nSPS) is 49.6. The Morgan fingerprint density at radius 2 is 1.53 bits per heavy atom. The van der Waals surface area contributed by atoms with Gasteiger partial charge in [0.25, 0.3) is 5.91 Å². The minimum Gasteiger partial charge on any atom is -0.394 e. The molecule has 4 aliphatic rings. The quantitative estimate of drug-likeness (QED) is 0.113. The van der Waals surface area contributed by atoms with E-state index in [0.717, 1.165) is 0 Å². The number of nitrogens with two attached hydrogens (primary N) is 4. The van der Waals surface area contributed by atoms with Gasteiger partial charge in [0.05, 0.1) is 36.9 Å². The van der Waals surface area contributed by atoms with Crippen molar-refractivity contribution in [3.8, 4) is 0 Å². The first-order valence-corrected chi connectivity index (χ1v) is 14.2. The number of hydrogen-bond acceptors (Lipinski definition) is 18. The minimum absolute atomic E-state index is 0.0936. The van der Waals surface area contributed by atoms with Gasteiger partial charge in [-0.3, -0.25) is 4.79 Å². The molecule has 19 heteroatoms. The van der Waals surface area contributed by atoms with Crippen LogP contribution in [0.3, 0.4) is 0 Å². The molecular formula is C24H46N6O13. The third-order valence-electron chi connectivity index (χ3n) is 8.52. The molecule has 1 aliphatic carbocycles. The number of rotatable bonds is 9. The predicted octanol–water partition coefficient (Wildman–Crippen LogP) is -8.47. The van der Waals surface area contributed by atoms with Crippen LogP contribution in [0.4, 0.5) is 0 Å². The summed E-state index contributed by atoms with van der Waals surface area (Å²) in [7, 11) is 1.51. The highest BCUT2D eigenvalue weighted by Gasteiger charge is 2.54. The average Bonchev–Trinajstić information content (AvgIpc) is 2.97. The lowest BCUT2D eigenvalue weighted by molar-refractivity contribution is -0.373. The summed E-state index contributed by atoms with van der Waals surface area (Å²) in [6, 6.07) is -4.55. The summed E-state index contributed by atoms with van der Waals surface area (Å²) in [6.45, 7) is -1.09. The molecular weight excluding hydrogens is 580 g/mol. The topological polar surface area (TPSA) is 333 Å². The molecule has 0 spiro atoms. The van der Waals surface area contributed by atoms with Crippen LogP contribution in [0.5, 0.6) is 0 Å². The summed E-state index contributed by atoms with van der Waals surface area (Å²) in [5, 5.41) is 78.0. The third kappa shape index (κ3) is 7.13. The molecule has 3 aliphatic heterocycles. The molecule has 250 valence electrons. The van der Waals surface area contributed by atoms with E-state index in [1.165, 1.54) is 7.05 Å². The predicted molar refractivity (Wildman–Crippen MR) is 142 cm³/mol. The molecule has 9 unspecified atom stereocenters. The maximum absolute atomic E-state index is 12.1. The van der Waals surface area contributed by atoms with Crippen molar-refractivity contribution in [3.63, 3.8) is 0 Å². The van der Waals surface area contributed by atoms with E-state index in [1.54, 1.807) is 0 Å². The largest absolute Gasteiger partial charge is 0.394 e. The summed E-state index contributed by atoms with van der Waals surface area (Å²) in [5.41, 5.74) is 23.5. The van der Waals surface area contributed by atoms with E-state index >= 15 is 0 Å². The molecule has 0 aromatic carbocycles. The number of fused-ring (bicyclic) bond motifs is 1. The van der Waals surface area contributed by atoms with Crippen LogP contribution in [0.25, 0.3) is 0 Å². The van der Waals surface area contributed by atoms with Crippen molar-refractivity contribution < 1.29 is 64.2 Å². The van der Waals surface area contributed by atoms with Crippen molar-refractivity contribution in [2.45, 2.75) is 123 Å². The van der Waals surface area contributed by atoms with E-state index in [2.05, 4.69) is 10.6 Å². The smallest absolute Gasteiger partial charge is 0.250 e. The highest BCUT2D eigenvalue weighted by atomic mass is 16.8. The van der Waals surface area contributed by atoms with Gasteiger partial charge in [0.1, 0.15) is 48.8 Å². The first kappa shape index (κ1) is 34.7. The number of nitrogens with one attached hydrogen (secondary N) is 2. The van der Waals surface area contributed by atoms with Crippen molar-refractivity contribution in [1.29, 1.82) is 0 Å². The number of carbonyl (C=O) groups excluding carboxylic acids is 1. The van der Waals surface area contributed by atoms with Gasteiger partial charge in [-0.25, -0.2) is 0 Å². The summed E-state index contributed by atoms with van der Waals surface area (Å²) in [4.78, 5) is 12.1. The molecule has 43 heavy (non-hydrogen) atoms. The monoisotopic (exact) mass is 626 g/mol. The van der Waals surface area contributed by atoms with Crippen LogP contribution in [0.2, 0.25) is 0 Å². The average molecular weight is 627 g/mol. The molecule has 18 atom stereocenters. The van der Waals surface area contributed by atoms with Gasteiger partial charge in [-0.2, -0.15) is 0 Å². The maximum Gasteiger partial charge on any atom is 0.250 e. The number of likely N-dealkylation sites (N-methyl/N-ethyl adjacent to an activating group) is 1. The SMILES string of the molecule is CNC1C(O[C@H]2OC(CO)[C@@H](NC(=O)[C@@H](O)CN)C(O)C2O)O[C@H]2CC(N)[C@@H](O[C@H]3C(N)C[C@@H](N)C(O)[C@H]3O)OC2[C@@H]1O. The molecule has 0 aromatic heterocycles. The van der Waals surface area contributed by atoms with E-state index < -0.39 is 129 Å². The van der Waals surface area contributed by atoms with E-state index in [-0.39, 0.29) is 12.8 Å². The van der Waals surface area contributed by atoms with E-state index in [9.17, 15) is 40.5 Å². The molecule has 1 amide bonds. The number of ether oxygens (including phenoxy) is 5. The van der Waals surface area contributed by atoms with Crippen molar-refractivity contribution in [2.24, 2.45) is 22.9 Å². The molecule has 0 bridgehead atoms. The van der Waals surface area contributed by atoms with Crippen LogP contribution in [0.1, 0.15) is 12.8 Å². The summed E-state index contributed by atoms with van der Waals surface area (Å²) in [6.07, 6.45) is -16.8. The van der Waals surface area contributed by atoms with Crippen LogP contribution in [-0.2, 0) is 28.5 Å². The summed E-state index contributed by atoms with van der Waals surface area (Å²) >= 11 is 0. The van der Waals surface area contributed by atoms with Gasteiger partial charge in [-0.1, -0.05) is 0 Å². The minimum atomic E-state index is -1.75. The fourth-order valence-electron chi connectivity index (χ4n) is 5.97. The zero-order chi connectivity index (χ0) is 31.7. The second kappa shape index (κ2) is 14.5. The highest BCUT2D eigenvalue weighted by Crippen LogP contribution is 2.35. The van der Waals surface area contributed by atoms with Crippen molar-refractivity contribution >= 4 is 5.91 Å². The van der Waals surface area contributed by atoms with Gasteiger partial charge < -0.3 is 93.0 Å². The van der Waals surface area contributed by atoms with Crippen molar-refractivity contribution in [3.05, 3.63) is 0 Å². The lowest BCUT2D eigenvalue weighted by Crippen LogP contribution is -2.70. The van der Waals surface area contributed by atoms with Crippen LogP contribution in [-0.4, -0.2) is 172 Å². The fourth-order valence-corrected chi connectivity index (χ4v) is 5.97. The highest BCUT2D eigenvalue weighted by molar-refractivity contribution is 5.81. The molecule has 1 saturated carbocycles. The molecule has 0 radical (unpaired) electrons. The Labute approximate surface area is 247 Å². The summed E-state index contributed by atoms with van der Waals surface area (Å²) < 4.78 is 29.4. The number of aliphatic hydroxyl groups is 7. The standard InChI is InChI=1S/C24H46N6O13/c1-29-13-16(35)20-10(3-8(28)22(42-20)41-19-7(27)2-6(26)14(33)17(19)36)39-23(13)43-24-18(37)15(34)12(11(5-31)40-24)30-21(38)9(32)4-25/h6-20,22-24,29,31-37H,2-5,25-28H2,1H3,(H,30,38)/t6-,7?,8?,9+,10+,11?,12-,13?,14?,15?,16-,17-,18?,19+,20?,22+,23?,24-/m1/s1. The van der Waals surface area contributed by atoms with Gasteiger partial charge in [0, 0.05) is 18.6 Å². The first-order valence-electron chi connectivity index (χ1n) is 14.2. The lowest BCUT2D eigenvalue weighted by atomic mass is 9.84. The van der Waals surface area contributed by atoms with Crippen molar-refractivity contribution in [1.82, 2.24) is 10.6 Å². The summed E-state index contributed by atoms with van der Waals surface area (Å²) in [5.74, 6) is -0.934. The van der Waals surface area contributed by atoms with Gasteiger partial charge in [0.2, 0.25) is 0 Å². The Hall–Kier alpha value is -1.21. The Bertz CT molecular complexity index is 925. The van der Waals surface area contributed by atoms with Crippen molar-refractivity contribution in [2.75, 3.05) is 20.2 Å². The maximum atomic E-state index is 12.1. The van der Waals surface area contributed by atoms with E-state index in [0.29, 0.717) is 0 Å². The zero-order valence-corrected chi connectivity index (χ0v) is 23.6. The molecule has 3 saturated heterocycles. The third-order valence-corrected chi connectivity index (χ3v) is 8.52. The van der Waals surface area contributed by atoms with Crippen LogP contribution >= 0.6 is 0 Å². The van der Waals surface area contributed by atoms with Gasteiger partial charge in [0.15, 0.2) is 18.9 Å². The number of carbonyl (C=O) groups is 1. The Balaban J connectivity index is 1.42. The van der Waals surface area contributed by atoms with Crippen LogP contribution < -0.4 is 33.6 Å². The zero-order valence-electron chi connectivity index (χ0n) is 23.6. The molecule has 3 heterocycles. The van der Waals surface area contributed by atoms with Crippen LogP contribution in [0, 0.1) is 0 Å². The molecule has 19 nitrogen and oxygen atoms in total. The van der Waals surface area contributed by atoms with E-state index in [1.807, 2.05) is 0 Å². The molecule has 4 rings (SSSR count). The second-order valence-electron chi connectivity index (χ2n) is 11.5.